The lowest BCUT2D eigenvalue weighted by Gasteiger charge is -2.12. The minimum atomic E-state index is 0.300. The number of benzene rings is 3. The maximum atomic E-state index is 6.22. The zero-order chi connectivity index (χ0) is 22.5. The quantitative estimate of drug-likeness (QED) is 0.240. The second-order valence-corrected chi connectivity index (χ2v) is 7.82. The average molecular weight is 469 g/mol. The van der Waals surface area contributed by atoms with Gasteiger partial charge in [-0.1, -0.05) is 41.4 Å². The molecule has 0 aliphatic rings. The van der Waals surface area contributed by atoms with Crippen LogP contribution in [-0.2, 0) is 13.2 Å². The molecule has 0 amide bonds. The van der Waals surface area contributed by atoms with Crippen LogP contribution in [0.2, 0.25) is 10.0 Å². The van der Waals surface area contributed by atoms with E-state index < -0.39 is 0 Å². The van der Waals surface area contributed by atoms with Crippen molar-refractivity contribution in [1.82, 2.24) is 9.55 Å². The van der Waals surface area contributed by atoms with Gasteiger partial charge in [-0.2, -0.15) is 5.10 Å². The Balaban J connectivity index is 1.46. The van der Waals surface area contributed by atoms with Gasteiger partial charge in [-0.05, 0) is 55.0 Å². The Kier molecular flexibility index (Phi) is 6.83. The third-order valence-corrected chi connectivity index (χ3v) is 5.52. The number of fused-ring (bicyclic) bond motifs is 1. The number of imidazole rings is 1. The first-order chi connectivity index (χ1) is 15.6. The molecule has 0 atom stereocenters. The van der Waals surface area contributed by atoms with Crippen LogP contribution >= 0.6 is 23.2 Å². The van der Waals surface area contributed by atoms with E-state index in [9.17, 15) is 0 Å². The molecule has 0 saturated carbocycles. The molecule has 0 aliphatic heterocycles. The monoisotopic (exact) mass is 468 g/mol. The lowest BCUT2D eigenvalue weighted by atomic mass is 10.2. The summed E-state index contributed by atoms with van der Waals surface area (Å²) >= 11 is 12.2. The first-order valence-electron chi connectivity index (χ1n) is 10.1. The van der Waals surface area contributed by atoms with Crippen LogP contribution in [0.5, 0.6) is 11.5 Å². The van der Waals surface area contributed by atoms with E-state index in [1.165, 1.54) is 0 Å². The molecule has 164 valence electrons. The lowest BCUT2D eigenvalue weighted by molar-refractivity contribution is 0.284. The standard InChI is InChI=1S/C24H22Cl2N4O2/c1-3-30-21-7-5-4-6-20(21)28-24(30)29-27-14-16-8-11-22(23(12-16)31-2)32-15-17-9-10-18(25)13-19(17)26/h4-14H,3,15H2,1-2H3,(H,28,29)/b27-14-. The fourth-order valence-corrected chi connectivity index (χ4v) is 3.79. The van der Waals surface area contributed by atoms with Crippen LogP contribution in [0.1, 0.15) is 18.1 Å². The van der Waals surface area contributed by atoms with Crippen molar-refractivity contribution in [3.8, 4) is 11.5 Å². The number of para-hydroxylation sites is 2. The maximum Gasteiger partial charge on any atom is 0.224 e. The van der Waals surface area contributed by atoms with Gasteiger partial charge in [-0.3, -0.25) is 0 Å². The van der Waals surface area contributed by atoms with Gasteiger partial charge in [-0.25, -0.2) is 10.4 Å². The summed E-state index contributed by atoms with van der Waals surface area (Å²) in [5.74, 6) is 1.90. The fraction of sp³-hybridized carbons (Fsp3) is 0.167. The molecule has 1 aromatic heterocycles. The Morgan fingerprint density at radius 2 is 1.91 bits per heavy atom. The summed E-state index contributed by atoms with van der Waals surface area (Å²) in [5, 5.41) is 5.50. The SMILES string of the molecule is CCn1c(N/N=C\c2ccc(OCc3ccc(Cl)cc3Cl)c(OC)c2)nc2ccccc21. The Morgan fingerprint density at radius 1 is 1.06 bits per heavy atom. The second kappa shape index (κ2) is 9.94. The van der Waals surface area contributed by atoms with E-state index in [1.54, 1.807) is 25.5 Å². The van der Waals surface area contributed by atoms with Crippen LogP contribution in [-0.4, -0.2) is 22.9 Å². The minimum Gasteiger partial charge on any atom is -0.493 e. The highest BCUT2D eigenvalue weighted by molar-refractivity contribution is 6.35. The van der Waals surface area contributed by atoms with E-state index in [1.807, 2.05) is 48.5 Å². The third kappa shape index (κ3) is 4.82. The summed E-state index contributed by atoms with van der Waals surface area (Å²) in [5.41, 5.74) is 6.72. The summed E-state index contributed by atoms with van der Waals surface area (Å²) in [7, 11) is 1.60. The van der Waals surface area contributed by atoms with E-state index >= 15 is 0 Å². The number of aryl methyl sites for hydroxylation is 1. The normalized spacial score (nSPS) is 11.2. The van der Waals surface area contributed by atoms with Gasteiger partial charge >= 0.3 is 0 Å². The summed E-state index contributed by atoms with van der Waals surface area (Å²) in [6.45, 7) is 3.16. The molecule has 0 radical (unpaired) electrons. The number of nitrogens with one attached hydrogen (secondary N) is 1. The first-order valence-corrected chi connectivity index (χ1v) is 10.8. The summed E-state index contributed by atoms with van der Waals surface area (Å²) in [4.78, 5) is 4.60. The number of ether oxygens (including phenoxy) is 2. The Bertz CT molecular complexity index is 1270. The molecule has 0 bridgehead atoms. The number of halogens is 2. The van der Waals surface area contributed by atoms with Gasteiger partial charge in [0.2, 0.25) is 5.95 Å². The van der Waals surface area contributed by atoms with E-state index in [0.29, 0.717) is 34.1 Å². The lowest BCUT2D eigenvalue weighted by Crippen LogP contribution is -2.02. The molecular formula is C24H22Cl2N4O2. The zero-order valence-electron chi connectivity index (χ0n) is 17.7. The summed E-state index contributed by atoms with van der Waals surface area (Å²) < 4.78 is 13.5. The molecule has 8 heteroatoms. The van der Waals surface area contributed by atoms with Crippen LogP contribution in [0.15, 0.2) is 65.8 Å². The Labute approximate surface area is 196 Å². The topological polar surface area (TPSA) is 60.7 Å². The molecule has 32 heavy (non-hydrogen) atoms. The predicted molar refractivity (Wildman–Crippen MR) is 130 cm³/mol. The maximum absolute atomic E-state index is 6.22. The predicted octanol–water partition coefficient (Wildman–Crippen LogP) is 6.40. The molecule has 0 fully saturated rings. The molecule has 6 nitrogen and oxygen atoms in total. The molecule has 0 spiro atoms. The molecule has 0 saturated heterocycles. The Hall–Kier alpha value is -3.22. The van der Waals surface area contributed by atoms with Crippen molar-refractivity contribution in [2.24, 2.45) is 5.10 Å². The van der Waals surface area contributed by atoms with Gasteiger partial charge in [0.25, 0.3) is 0 Å². The number of hydrogen-bond acceptors (Lipinski definition) is 5. The average Bonchev–Trinajstić information content (AvgIpc) is 3.16. The molecule has 0 aliphatic carbocycles. The number of methoxy groups -OCH3 is 1. The second-order valence-electron chi connectivity index (χ2n) is 6.97. The van der Waals surface area contributed by atoms with Crippen molar-refractivity contribution in [2.75, 3.05) is 12.5 Å². The first kappa shape index (κ1) is 22.0. The van der Waals surface area contributed by atoms with Gasteiger partial charge in [0.15, 0.2) is 11.5 Å². The number of anilines is 1. The molecule has 4 rings (SSSR count). The summed E-state index contributed by atoms with van der Waals surface area (Å²) in [6.07, 6.45) is 1.71. The number of hydrazone groups is 1. The largest absolute Gasteiger partial charge is 0.493 e. The molecule has 0 unspecified atom stereocenters. The number of rotatable bonds is 8. The molecule has 3 aromatic carbocycles. The van der Waals surface area contributed by atoms with Crippen molar-refractivity contribution in [3.05, 3.63) is 81.8 Å². The van der Waals surface area contributed by atoms with Crippen LogP contribution in [0.3, 0.4) is 0 Å². The van der Waals surface area contributed by atoms with Crippen molar-refractivity contribution in [3.63, 3.8) is 0 Å². The molecule has 4 aromatic rings. The van der Waals surface area contributed by atoms with E-state index in [4.69, 9.17) is 32.7 Å². The molecule has 1 heterocycles. The number of aromatic nitrogens is 2. The van der Waals surface area contributed by atoms with Gasteiger partial charge in [-0.15, -0.1) is 0 Å². The van der Waals surface area contributed by atoms with Crippen LogP contribution in [0.4, 0.5) is 5.95 Å². The smallest absolute Gasteiger partial charge is 0.224 e. The van der Waals surface area contributed by atoms with E-state index in [-0.39, 0.29) is 0 Å². The van der Waals surface area contributed by atoms with Gasteiger partial charge in [0.05, 0.1) is 24.4 Å². The summed E-state index contributed by atoms with van der Waals surface area (Å²) in [6, 6.07) is 18.9. The minimum absolute atomic E-state index is 0.300. The highest BCUT2D eigenvalue weighted by atomic mass is 35.5. The fourth-order valence-electron chi connectivity index (χ4n) is 3.32. The van der Waals surface area contributed by atoms with E-state index in [0.717, 1.165) is 28.7 Å². The van der Waals surface area contributed by atoms with Crippen molar-refractivity contribution in [1.29, 1.82) is 0 Å². The zero-order valence-corrected chi connectivity index (χ0v) is 19.2. The van der Waals surface area contributed by atoms with Crippen LogP contribution in [0.25, 0.3) is 11.0 Å². The highest BCUT2D eigenvalue weighted by Crippen LogP contribution is 2.30. The Morgan fingerprint density at radius 3 is 2.69 bits per heavy atom. The van der Waals surface area contributed by atoms with Crippen molar-refractivity contribution in [2.45, 2.75) is 20.1 Å². The highest BCUT2D eigenvalue weighted by Gasteiger charge is 2.09. The molecule has 1 N–H and O–H groups in total. The van der Waals surface area contributed by atoms with Crippen molar-refractivity contribution < 1.29 is 9.47 Å². The van der Waals surface area contributed by atoms with Gasteiger partial charge < -0.3 is 14.0 Å². The third-order valence-electron chi connectivity index (χ3n) is 4.93. The van der Waals surface area contributed by atoms with Gasteiger partial charge in [0, 0.05) is 22.2 Å². The van der Waals surface area contributed by atoms with E-state index in [2.05, 4.69) is 27.0 Å². The van der Waals surface area contributed by atoms with Crippen LogP contribution in [0, 0.1) is 0 Å². The van der Waals surface area contributed by atoms with Crippen molar-refractivity contribution >= 4 is 46.4 Å². The van der Waals surface area contributed by atoms with Gasteiger partial charge in [0.1, 0.15) is 6.61 Å². The number of nitrogens with zero attached hydrogens (tertiary/aromatic N) is 3. The molecular weight excluding hydrogens is 447 g/mol. The number of hydrogen-bond donors (Lipinski definition) is 1. The van der Waals surface area contributed by atoms with Crippen LogP contribution < -0.4 is 14.9 Å².